The number of hydrogen-bond donors (Lipinski definition) is 3. The summed E-state index contributed by atoms with van der Waals surface area (Å²) in [5.74, 6) is -1.33. The third-order valence-corrected chi connectivity index (χ3v) is 7.94. The van der Waals surface area contributed by atoms with Crippen molar-refractivity contribution in [2.75, 3.05) is 6.54 Å². The van der Waals surface area contributed by atoms with Gasteiger partial charge in [-0.15, -0.1) is 0 Å². The number of carboxylic acid groups (broad SMARTS) is 1. The van der Waals surface area contributed by atoms with Crippen molar-refractivity contribution < 1.29 is 24.2 Å². The maximum atomic E-state index is 12.6. The van der Waals surface area contributed by atoms with E-state index in [0.29, 0.717) is 32.2 Å². The molecular weight excluding hydrogens is 564 g/mol. The van der Waals surface area contributed by atoms with Gasteiger partial charge in [0.25, 0.3) is 0 Å². The highest BCUT2D eigenvalue weighted by Crippen LogP contribution is 2.15. The van der Waals surface area contributed by atoms with Gasteiger partial charge in [0.15, 0.2) is 0 Å². The Balaban J connectivity index is 4.47. The van der Waals surface area contributed by atoms with Crippen LogP contribution in [0, 0.1) is 0 Å². The number of nitrogens with two attached hydrogens (primary N) is 1. The molecular formula is C38H68N2O5. The van der Waals surface area contributed by atoms with Gasteiger partial charge in [0.05, 0.1) is 0 Å². The molecule has 0 aromatic rings. The van der Waals surface area contributed by atoms with Gasteiger partial charge < -0.3 is 20.9 Å². The third kappa shape index (κ3) is 30.0. The average Bonchev–Trinajstić information content (AvgIpc) is 3.02. The quantitative estimate of drug-likeness (QED) is 0.0386. The Kier molecular flexibility index (Phi) is 31.2. The number of esters is 1. The predicted molar refractivity (Wildman–Crippen MR) is 188 cm³/mol. The van der Waals surface area contributed by atoms with Crippen molar-refractivity contribution in [1.82, 2.24) is 5.32 Å². The SMILES string of the molecule is CCCCC/C=C\C/C=C\C/C=C\C(CCCCCCCC(=O)NC(CCCN)C(=O)O)OC(=O)CCCCCCCCCC. The smallest absolute Gasteiger partial charge is 0.326 e. The molecule has 0 saturated heterocycles. The molecule has 0 rings (SSSR count). The molecule has 2 unspecified atom stereocenters. The van der Waals surface area contributed by atoms with Gasteiger partial charge in [-0.1, -0.05) is 121 Å². The predicted octanol–water partition coefficient (Wildman–Crippen LogP) is 9.50. The molecule has 0 aromatic carbocycles. The van der Waals surface area contributed by atoms with Gasteiger partial charge in [-0.2, -0.15) is 0 Å². The Morgan fingerprint density at radius 1 is 0.667 bits per heavy atom. The molecule has 7 nitrogen and oxygen atoms in total. The van der Waals surface area contributed by atoms with Gasteiger partial charge in [0.2, 0.25) is 5.91 Å². The van der Waals surface area contributed by atoms with Gasteiger partial charge in [-0.3, -0.25) is 9.59 Å². The molecule has 0 radical (unpaired) electrons. The number of nitrogens with one attached hydrogen (secondary N) is 1. The number of carbonyl (C=O) groups excluding carboxylic acids is 2. The zero-order valence-electron chi connectivity index (χ0n) is 29.0. The molecule has 0 aliphatic carbocycles. The number of carbonyl (C=O) groups is 3. The van der Waals surface area contributed by atoms with Gasteiger partial charge in [-0.25, -0.2) is 4.79 Å². The van der Waals surface area contributed by atoms with E-state index in [1.807, 2.05) is 6.08 Å². The Hall–Kier alpha value is -2.41. The highest BCUT2D eigenvalue weighted by atomic mass is 16.5. The molecule has 0 bridgehead atoms. The fourth-order valence-electron chi connectivity index (χ4n) is 5.14. The second-order valence-electron chi connectivity index (χ2n) is 12.3. The van der Waals surface area contributed by atoms with E-state index < -0.39 is 12.0 Å². The largest absolute Gasteiger partial charge is 0.480 e. The molecule has 4 N–H and O–H groups in total. The Labute approximate surface area is 275 Å². The summed E-state index contributed by atoms with van der Waals surface area (Å²) in [5.41, 5.74) is 5.46. The Morgan fingerprint density at radius 2 is 1.22 bits per heavy atom. The van der Waals surface area contributed by atoms with Crippen molar-refractivity contribution in [1.29, 1.82) is 0 Å². The second kappa shape index (κ2) is 33.0. The maximum Gasteiger partial charge on any atom is 0.326 e. The summed E-state index contributed by atoms with van der Waals surface area (Å²) in [6, 6.07) is -0.864. The van der Waals surface area contributed by atoms with E-state index in [4.69, 9.17) is 10.5 Å². The Bertz CT molecular complexity index is 808. The number of aliphatic carboxylic acids is 1. The van der Waals surface area contributed by atoms with Crippen LogP contribution in [0.25, 0.3) is 0 Å². The van der Waals surface area contributed by atoms with Crippen LogP contribution in [0.3, 0.4) is 0 Å². The minimum absolute atomic E-state index is 0.100. The molecule has 0 spiro atoms. The van der Waals surface area contributed by atoms with Crippen LogP contribution in [0.15, 0.2) is 36.5 Å². The van der Waals surface area contributed by atoms with Crippen molar-refractivity contribution in [3.8, 4) is 0 Å². The number of unbranched alkanes of at least 4 members (excludes halogenated alkanes) is 14. The molecule has 260 valence electrons. The van der Waals surface area contributed by atoms with Crippen LogP contribution in [-0.4, -0.2) is 41.6 Å². The first-order valence-electron chi connectivity index (χ1n) is 18.3. The van der Waals surface area contributed by atoms with Gasteiger partial charge >= 0.3 is 11.9 Å². The van der Waals surface area contributed by atoms with Crippen LogP contribution in [-0.2, 0) is 19.1 Å². The van der Waals surface area contributed by atoms with Gasteiger partial charge in [-0.05, 0) is 76.8 Å². The maximum absolute atomic E-state index is 12.6. The van der Waals surface area contributed by atoms with Crippen LogP contribution < -0.4 is 11.1 Å². The van der Waals surface area contributed by atoms with Crippen molar-refractivity contribution >= 4 is 17.8 Å². The standard InChI is InChI=1S/C38H68N2O5/c1-3-5-7-9-11-13-14-15-16-19-23-28-34(45-37(42)32-26-22-17-12-10-8-6-4-2)29-24-20-18-21-25-31-36(41)40-35(38(43)44)30-27-33-39/h11,13,15-16,23,28,34-35H,3-10,12,14,17-22,24-27,29-33,39H2,1-2H3,(H,40,41)(H,43,44)/b13-11-,16-15-,28-23-. The van der Waals surface area contributed by atoms with Gasteiger partial charge in [0, 0.05) is 12.8 Å². The van der Waals surface area contributed by atoms with Crippen LogP contribution in [0.4, 0.5) is 0 Å². The van der Waals surface area contributed by atoms with E-state index >= 15 is 0 Å². The first-order valence-corrected chi connectivity index (χ1v) is 18.3. The summed E-state index contributed by atoms with van der Waals surface area (Å²) in [7, 11) is 0. The second-order valence-corrected chi connectivity index (χ2v) is 12.3. The number of allylic oxidation sites excluding steroid dienone is 5. The number of ether oxygens (including phenoxy) is 1. The molecule has 45 heavy (non-hydrogen) atoms. The van der Waals surface area contributed by atoms with E-state index in [1.54, 1.807) is 0 Å². The van der Waals surface area contributed by atoms with E-state index in [9.17, 15) is 19.5 Å². The number of hydrogen-bond acceptors (Lipinski definition) is 5. The highest BCUT2D eigenvalue weighted by Gasteiger charge is 2.18. The van der Waals surface area contributed by atoms with Gasteiger partial charge in [0.1, 0.15) is 12.1 Å². The summed E-state index contributed by atoms with van der Waals surface area (Å²) in [4.78, 5) is 36.0. The molecule has 0 aromatic heterocycles. The molecule has 0 aliphatic heterocycles. The normalized spacial score (nSPS) is 13.1. The van der Waals surface area contributed by atoms with Crippen LogP contribution >= 0.6 is 0 Å². The summed E-state index contributed by atoms with van der Waals surface area (Å²) < 4.78 is 5.88. The summed E-state index contributed by atoms with van der Waals surface area (Å²) in [5, 5.41) is 11.9. The monoisotopic (exact) mass is 633 g/mol. The van der Waals surface area contributed by atoms with Crippen molar-refractivity contribution in [2.45, 2.75) is 180 Å². The minimum atomic E-state index is -1.01. The minimum Gasteiger partial charge on any atom is -0.480 e. The molecule has 0 heterocycles. The molecule has 0 aliphatic rings. The highest BCUT2D eigenvalue weighted by molar-refractivity contribution is 5.83. The lowest BCUT2D eigenvalue weighted by molar-refractivity contribution is -0.147. The fraction of sp³-hybridized carbons (Fsp3) is 0.763. The zero-order valence-corrected chi connectivity index (χ0v) is 29.0. The lowest BCUT2D eigenvalue weighted by Crippen LogP contribution is -2.40. The Morgan fingerprint density at radius 3 is 1.87 bits per heavy atom. The molecule has 2 atom stereocenters. The summed E-state index contributed by atoms with van der Waals surface area (Å²) in [6.45, 7) is 4.86. The van der Waals surface area contributed by atoms with Crippen molar-refractivity contribution in [3.05, 3.63) is 36.5 Å². The molecule has 1 amide bonds. The van der Waals surface area contributed by atoms with Crippen molar-refractivity contribution in [3.63, 3.8) is 0 Å². The van der Waals surface area contributed by atoms with Crippen LogP contribution in [0.2, 0.25) is 0 Å². The molecule has 0 fully saturated rings. The first-order chi connectivity index (χ1) is 21.9. The third-order valence-electron chi connectivity index (χ3n) is 7.94. The van der Waals surface area contributed by atoms with Crippen LogP contribution in [0.5, 0.6) is 0 Å². The number of amides is 1. The topological polar surface area (TPSA) is 119 Å². The lowest BCUT2D eigenvalue weighted by Gasteiger charge is -2.15. The van der Waals surface area contributed by atoms with E-state index in [1.165, 1.54) is 57.8 Å². The average molecular weight is 633 g/mol. The molecule has 0 saturated carbocycles. The fourth-order valence-corrected chi connectivity index (χ4v) is 5.14. The number of carboxylic acids is 1. The van der Waals surface area contributed by atoms with E-state index in [0.717, 1.165) is 70.6 Å². The lowest BCUT2D eigenvalue weighted by atomic mass is 10.1. The summed E-state index contributed by atoms with van der Waals surface area (Å²) >= 11 is 0. The zero-order chi connectivity index (χ0) is 33.2. The first kappa shape index (κ1) is 42.6. The van der Waals surface area contributed by atoms with E-state index in [2.05, 4.69) is 49.5 Å². The van der Waals surface area contributed by atoms with Crippen molar-refractivity contribution in [2.24, 2.45) is 5.73 Å². The summed E-state index contributed by atoms with van der Waals surface area (Å²) in [6.07, 6.45) is 36.3. The van der Waals surface area contributed by atoms with Crippen LogP contribution in [0.1, 0.15) is 168 Å². The van der Waals surface area contributed by atoms with E-state index in [-0.39, 0.29) is 18.0 Å². The molecule has 7 heteroatoms. The number of rotatable bonds is 32.